The van der Waals surface area contributed by atoms with Crippen molar-refractivity contribution >= 4 is 11.6 Å². The summed E-state index contributed by atoms with van der Waals surface area (Å²) in [4.78, 5) is 0. The first-order valence-corrected chi connectivity index (χ1v) is 7.25. The minimum Gasteiger partial charge on any atom is -0.378 e. The summed E-state index contributed by atoms with van der Waals surface area (Å²) in [6, 6.07) is 8.44. The van der Waals surface area contributed by atoms with E-state index in [4.69, 9.17) is 16.3 Å². The van der Waals surface area contributed by atoms with E-state index in [-0.39, 0.29) is 0 Å². The number of hydrogen-bond donors (Lipinski definition) is 1. The van der Waals surface area contributed by atoms with Gasteiger partial charge in [-0.2, -0.15) is 0 Å². The minimum atomic E-state index is 0.302. The largest absolute Gasteiger partial charge is 0.378 e. The summed E-state index contributed by atoms with van der Waals surface area (Å²) in [5.74, 6) is 0.523. The Balaban J connectivity index is 2.25. The van der Waals surface area contributed by atoms with Gasteiger partial charge in [0.1, 0.15) is 0 Å². The van der Waals surface area contributed by atoms with Crippen LogP contribution >= 0.6 is 11.6 Å². The third-order valence-electron chi connectivity index (χ3n) is 3.76. The average molecular weight is 268 g/mol. The fourth-order valence-corrected chi connectivity index (χ4v) is 3.16. The van der Waals surface area contributed by atoms with Crippen LogP contribution in [0.25, 0.3) is 0 Å². The van der Waals surface area contributed by atoms with Gasteiger partial charge in [0.15, 0.2) is 0 Å². The summed E-state index contributed by atoms with van der Waals surface area (Å²) in [6.07, 6.45) is 2.53. The Bertz CT molecular complexity index is 383. The standard InChI is InChI=1S/C15H22ClNO/c1-3-14-12(9-10-18-14)15(17-4-2)11-7-5-6-8-13(11)16/h5-8,12,14-15,17H,3-4,9-10H2,1-2H3. The van der Waals surface area contributed by atoms with Crippen molar-refractivity contribution in [3.05, 3.63) is 34.9 Å². The average Bonchev–Trinajstić information content (AvgIpc) is 2.85. The second-order valence-corrected chi connectivity index (χ2v) is 5.23. The number of benzene rings is 1. The van der Waals surface area contributed by atoms with Gasteiger partial charge in [0.2, 0.25) is 0 Å². The molecule has 1 aromatic rings. The molecule has 1 aliphatic rings. The van der Waals surface area contributed by atoms with Gasteiger partial charge in [-0.15, -0.1) is 0 Å². The SMILES string of the molecule is CCNC(c1ccccc1Cl)C1CCOC1CC. The van der Waals surface area contributed by atoms with Crippen LogP contribution in [-0.2, 0) is 4.74 Å². The van der Waals surface area contributed by atoms with E-state index in [2.05, 4.69) is 31.3 Å². The molecule has 3 heteroatoms. The van der Waals surface area contributed by atoms with Crippen molar-refractivity contribution in [2.24, 2.45) is 5.92 Å². The molecule has 3 atom stereocenters. The molecule has 0 aliphatic carbocycles. The molecule has 18 heavy (non-hydrogen) atoms. The van der Waals surface area contributed by atoms with Crippen molar-refractivity contribution in [3.8, 4) is 0 Å². The lowest BCUT2D eigenvalue weighted by atomic mass is 9.86. The van der Waals surface area contributed by atoms with Crippen molar-refractivity contribution in [1.82, 2.24) is 5.32 Å². The van der Waals surface area contributed by atoms with Gasteiger partial charge in [-0.25, -0.2) is 0 Å². The Kier molecular flexibility index (Phi) is 5.04. The zero-order chi connectivity index (χ0) is 13.0. The van der Waals surface area contributed by atoms with Crippen LogP contribution in [0, 0.1) is 5.92 Å². The van der Waals surface area contributed by atoms with E-state index in [0.717, 1.165) is 31.0 Å². The molecule has 1 saturated heterocycles. The monoisotopic (exact) mass is 267 g/mol. The van der Waals surface area contributed by atoms with Crippen molar-refractivity contribution in [1.29, 1.82) is 0 Å². The van der Waals surface area contributed by atoms with E-state index >= 15 is 0 Å². The molecule has 1 aromatic carbocycles. The Hall–Kier alpha value is -0.570. The maximum Gasteiger partial charge on any atom is 0.0619 e. The van der Waals surface area contributed by atoms with E-state index in [1.165, 1.54) is 5.56 Å². The molecule has 0 spiro atoms. The maximum atomic E-state index is 6.34. The lowest BCUT2D eigenvalue weighted by molar-refractivity contribution is 0.0776. The summed E-state index contributed by atoms with van der Waals surface area (Å²) in [6.45, 7) is 6.15. The molecule has 1 N–H and O–H groups in total. The van der Waals surface area contributed by atoms with Crippen molar-refractivity contribution in [3.63, 3.8) is 0 Å². The summed E-state index contributed by atoms with van der Waals surface area (Å²) in [5, 5.41) is 4.43. The fraction of sp³-hybridized carbons (Fsp3) is 0.600. The topological polar surface area (TPSA) is 21.3 Å². The van der Waals surface area contributed by atoms with Gasteiger partial charge in [0.25, 0.3) is 0 Å². The number of rotatable bonds is 5. The fourth-order valence-electron chi connectivity index (χ4n) is 2.91. The lowest BCUT2D eigenvalue weighted by Gasteiger charge is -2.29. The van der Waals surface area contributed by atoms with E-state index in [9.17, 15) is 0 Å². The Morgan fingerprint density at radius 1 is 1.39 bits per heavy atom. The first-order chi connectivity index (χ1) is 8.77. The van der Waals surface area contributed by atoms with Crippen LogP contribution in [-0.4, -0.2) is 19.3 Å². The first kappa shape index (κ1) is 13.9. The normalized spacial score (nSPS) is 25.3. The molecule has 2 nitrogen and oxygen atoms in total. The Labute approximate surface area is 115 Å². The molecule has 100 valence electrons. The molecule has 0 saturated carbocycles. The van der Waals surface area contributed by atoms with Gasteiger partial charge in [-0.1, -0.05) is 43.6 Å². The van der Waals surface area contributed by atoms with Crippen LogP contribution in [0.3, 0.4) is 0 Å². The zero-order valence-electron chi connectivity index (χ0n) is 11.2. The molecule has 1 fully saturated rings. The van der Waals surface area contributed by atoms with Crippen LogP contribution in [0.1, 0.15) is 38.3 Å². The minimum absolute atomic E-state index is 0.302. The van der Waals surface area contributed by atoms with Crippen LogP contribution in [0.2, 0.25) is 5.02 Å². The zero-order valence-corrected chi connectivity index (χ0v) is 11.9. The quantitative estimate of drug-likeness (QED) is 0.876. The predicted octanol–water partition coefficient (Wildman–Crippen LogP) is 3.81. The van der Waals surface area contributed by atoms with Gasteiger partial charge in [0, 0.05) is 23.6 Å². The lowest BCUT2D eigenvalue weighted by Crippen LogP contribution is -2.33. The van der Waals surface area contributed by atoms with E-state index in [1.54, 1.807) is 0 Å². The second kappa shape index (κ2) is 6.55. The summed E-state index contributed by atoms with van der Waals surface area (Å²) >= 11 is 6.34. The summed E-state index contributed by atoms with van der Waals surface area (Å²) in [7, 11) is 0. The van der Waals surface area contributed by atoms with Crippen molar-refractivity contribution < 1.29 is 4.74 Å². The summed E-state index contributed by atoms with van der Waals surface area (Å²) < 4.78 is 5.82. The predicted molar refractivity (Wildman–Crippen MR) is 76.0 cm³/mol. The molecule has 1 aliphatic heterocycles. The van der Waals surface area contributed by atoms with Gasteiger partial charge in [0.05, 0.1) is 6.10 Å². The molecule has 2 rings (SSSR count). The molecule has 3 unspecified atom stereocenters. The van der Waals surface area contributed by atoms with E-state index < -0.39 is 0 Å². The molecule has 0 aromatic heterocycles. The van der Waals surface area contributed by atoms with Crippen LogP contribution in [0.5, 0.6) is 0 Å². The Morgan fingerprint density at radius 2 is 2.17 bits per heavy atom. The smallest absolute Gasteiger partial charge is 0.0619 e. The number of nitrogens with one attached hydrogen (secondary N) is 1. The summed E-state index contributed by atoms with van der Waals surface area (Å²) in [5.41, 5.74) is 1.20. The Morgan fingerprint density at radius 3 is 2.83 bits per heavy atom. The van der Waals surface area contributed by atoms with Crippen LogP contribution in [0.15, 0.2) is 24.3 Å². The van der Waals surface area contributed by atoms with Crippen molar-refractivity contribution in [2.75, 3.05) is 13.2 Å². The highest BCUT2D eigenvalue weighted by molar-refractivity contribution is 6.31. The molecule has 0 bridgehead atoms. The molecule has 0 amide bonds. The van der Waals surface area contributed by atoms with E-state index in [1.807, 2.05) is 12.1 Å². The van der Waals surface area contributed by atoms with Crippen LogP contribution < -0.4 is 5.32 Å². The third kappa shape index (κ3) is 2.87. The maximum absolute atomic E-state index is 6.34. The van der Waals surface area contributed by atoms with E-state index in [0.29, 0.717) is 18.1 Å². The molecular formula is C15H22ClNO. The molecular weight excluding hydrogens is 246 g/mol. The van der Waals surface area contributed by atoms with Crippen LogP contribution in [0.4, 0.5) is 0 Å². The molecule has 0 radical (unpaired) electrons. The molecule has 1 heterocycles. The van der Waals surface area contributed by atoms with Crippen molar-refractivity contribution in [2.45, 2.75) is 38.8 Å². The highest BCUT2D eigenvalue weighted by Gasteiger charge is 2.34. The number of hydrogen-bond acceptors (Lipinski definition) is 2. The first-order valence-electron chi connectivity index (χ1n) is 6.87. The van der Waals surface area contributed by atoms with Gasteiger partial charge < -0.3 is 10.1 Å². The highest BCUT2D eigenvalue weighted by atomic mass is 35.5. The van der Waals surface area contributed by atoms with Gasteiger partial charge in [-0.05, 0) is 31.0 Å². The van der Waals surface area contributed by atoms with Gasteiger partial charge >= 0.3 is 0 Å². The second-order valence-electron chi connectivity index (χ2n) is 4.83. The number of halogens is 1. The highest BCUT2D eigenvalue weighted by Crippen LogP contribution is 2.37. The van der Waals surface area contributed by atoms with Gasteiger partial charge in [-0.3, -0.25) is 0 Å². The third-order valence-corrected chi connectivity index (χ3v) is 4.10. The number of ether oxygens (including phenoxy) is 1.